The molecule has 26 heavy (non-hydrogen) atoms. The molecular formula is C22H25N3O. The molecule has 0 bridgehead atoms. The van der Waals surface area contributed by atoms with Crippen molar-refractivity contribution < 1.29 is 4.79 Å². The van der Waals surface area contributed by atoms with Crippen molar-refractivity contribution in [3.05, 3.63) is 70.9 Å². The zero-order valence-electron chi connectivity index (χ0n) is 15.5. The molecule has 2 aromatic carbocycles. The van der Waals surface area contributed by atoms with Crippen molar-refractivity contribution in [3.63, 3.8) is 0 Å². The second-order valence-electron chi connectivity index (χ2n) is 7.27. The normalized spacial score (nSPS) is 15.5. The van der Waals surface area contributed by atoms with Gasteiger partial charge in [0.25, 0.3) is 5.91 Å². The molecule has 2 heterocycles. The van der Waals surface area contributed by atoms with Crippen molar-refractivity contribution in [1.82, 2.24) is 14.8 Å². The van der Waals surface area contributed by atoms with Crippen molar-refractivity contribution in [2.45, 2.75) is 20.4 Å². The van der Waals surface area contributed by atoms with Gasteiger partial charge >= 0.3 is 0 Å². The average molecular weight is 347 g/mol. The third-order valence-corrected chi connectivity index (χ3v) is 5.32. The summed E-state index contributed by atoms with van der Waals surface area (Å²) in [6, 6.07) is 16.6. The molecule has 1 N–H and O–H groups in total. The van der Waals surface area contributed by atoms with E-state index in [9.17, 15) is 4.79 Å². The van der Waals surface area contributed by atoms with Crippen LogP contribution in [0.4, 0.5) is 0 Å². The molecule has 4 heteroatoms. The smallest absolute Gasteiger partial charge is 0.270 e. The van der Waals surface area contributed by atoms with Gasteiger partial charge in [0, 0.05) is 43.6 Å². The summed E-state index contributed by atoms with van der Waals surface area (Å²) in [5.41, 5.74) is 5.74. The largest absolute Gasteiger partial charge is 0.351 e. The number of aromatic nitrogens is 1. The first-order valence-corrected chi connectivity index (χ1v) is 9.26. The SMILES string of the molecule is Cc1ccc(C)c(CN2CCN(C(=O)c3cc4ccccc4[nH]3)CC2)c1. The number of fused-ring (bicyclic) bond motifs is 1. The Morgan fingerprint density at radius 1 is 1.00 bits per heavy atom. The Kier molecular flexibility index (Phi) is 4.51. The molecule has 3 aromatic rings. The number of aryl methyl sites for hydroxylation is 2. The summed E-state index contributed by atoms with van der Waals surface area (Å²) in [7, 11) is 0. The van der Waals surface area contributed by atoms with Crippen LogP contribution in [0.1, 0.15) is 27.2 Å². The summed E-state index contributed by atoms with van der Waals surface area (Å²) in [4.78, 5) is 20.5. The van der Waals surface area contributed by atoms with Crippen molar-refractivity contribution in [3.8, 4) is 0 Å². The number of aromatic amines is 1. The minimum absolute atomic E-state index is 0.104. The van der Waals surface area contributed by atoms with E-state index in [0.717, 1.165) is 43.6 Å². The molecule has 0 aliphatic carbocycles. The number of amides is 1. The molecule has 0 spiro atoms. The molecule has 0 radical (unpaired) electrons. The molecule has 1 fully saturated rings. The van der Waals surface area contributed by atoms with E-state index in [0.29, 0.717) is 5.69 Å². The van der Waals surface area contributed by atoms with Gasteiger partial charge in [-0.05, 0) is 37.1 Å². The third-order valence-electron chi connectivity index (χ3n) is 5.32. The summed E-state index contributed by atoms with van der Waals surface area (Å²) >= 11 is 0. The minimum atomic E-state index is 0.104. The van der Waals surface area contributed by atoms with Crippen LogP contribution < -0.4 is 0 Å². The fourth-order valence-electron chi connectivity index (χ4n) is 3.68. The molecule has 0 atom stereocenters. The van der Waals surface area contributed by atoms with Crippen LogP contribution in [0.15, 0.2) is 48.5 Å². The van der Waals surface area contributed by atoms with Gasteiger partial charge in [-0.25, -0.2) is 0 Å². The van der Waals surface area contributed by atoms with E-state index in [4.69, 9.17) is 0 Å². The quantitative estimate of drug-likeness (QED) is 0.784. The van der Waals surface area contributed by atoms with Gasteiger partial charge in [0.1, 0.15) is 5.69 Å². The molecule has 1 aliphatic heterocycles. The molecule has 1 aromatic heterocycles. The number of hydrogen-bond donors (Lipinski definition) is 1. The summed E-state index contributed by atoms with van der Waals surface area (Å²) in [5, 5.41) is 1.09. The van der Waals surface area contributed by atoms with E-state index < -0.39 is 0 Å². The van der Waals surface area contributed by atoms with Crippen LogP contribution in [-0.2, 0) is 6.54 Å². The van der Waals surface area contributed by atoms with E-state index in [1.165, 1.54) is 16.7 Å². The maximum atomic E-state index is 12.8. The van der Waals surface area contributed by atoms with E-state index in [2.05, 4.69) is 41.9 Å². The van der Waals surface area contributed by atoms with Crippen molar-refractivity contribution in [2.75, 3.05) is 26.2 Å². The van der Waals surface area contributed by atoms with Gasteiger partial charge in [-0.2, -0.15) is 0 Å². The number of piperazine rings is 1. The number of nitrogens with zero attached hydrogens (tertiary/aromatic N) is 2. The highest BCUT2D eigenvalue weighted by Gasteiger charge is 2.23. The van der Waals surface area contributed by atoms with Gasteiger partial charge in [0.2, 0.25) is 0 Å². The van der Waals surface area contributed by atoms with Crippen LogP contribution in [0.2, 0.25) is 0 Å². The average Bonchev–Trinajstić information content (AvgIpc) is 3.09. The van der Waals surface area contributed by atoms with Gasteiger partial charge in [-0.15, -0.1) is 0 Å². The maximum absolute atomic E-state index is 12.8. The Morgan fingerprint density at radius 3 is 2.54 bits per heavy atom. The highest BCUT2D eigenvalue weighted by atomic mass is 16.2. The molecule has 4 nitrogen and oxygen atoms in total. The predicted octanol–water partition coefficient (Wildman–Crippen LogP) is 3.74. The van der Waals surface area contributed by atoms with Gasteiger partial charge in [-0.1, -0.05) is 42.0 Å². The number of nitrogens with one attached hydrogen (secondary N) is 1. The van der Waals surface area contributed by atoms with E-state index in [1.807, 2.05) is 35.2 Å². The first kappa shape index (κ1) is 16.9. The molecule has 0 unspecified atom stereocenters. The first-order valence-electron chi connectivity index (χ1n) is 9.26. The molecule has 1 saturated heterocycles. The number of carbonyl (C=O) groups excluding carboxylic acids is 1. The van der Waals surface area contributed by atoms with Crippen LogP contribution in [0.3, 0.4) is 0 Å². The van der Waals surface area contributed by atoms with Crippen LogP contribution in [0.25, 0.3) is 10.9 Å². The Bertz CT molecular complexity index is 902. The number of benzene rings is 2. The highest BCUT2D eigenvalue weighted by Crippen LogP contribution is 2.18. The van der Waals surface area contributed by atoms with Crippen LogP contribution in [0, 0.1) is 13.8 Å². The number of para-hydroxylation sites is 1. The highest BCUT2D eigenvalue weighted by molar-refractivity contribution is 5.98. The van der Waals surface area contributed by atoms with Crippen LogP contribution >= 0.6 is 0 Å². The standard InChI is InChI=1S/C22H25N3O/c1-16-7-8-17(2)19(13-16)15-24-9-11-25(12-10-24)22(26)21-14-18-5-3-4-6-20(18)23-21/h3-8,13-14,23H,9-12,15H2,1-2H3. The maximum Gasteiger partial charge on any atom is 0.270 e. The summed E-state index contributed by atoms with van der Waals surface area (Å²) in [6.07, 6.45) is 0. The van der Waals surface area contributed by atoms with Crippen molar-refractivity contribution >= 4 is 16.8 Å². The second-order valence-corrected chi connectivity index (χ2v) is 7.27. The fourth-order valence-corrected chi connectivity index (χ4v) is 3.68. The Morgan fingerprint density at radius 2 is 1.77 bits per heavy atom. The number of carbonyl (C=O) groups is 1. The minimum Gasteiger partial charge on any atom is -0.351 e. The number of rotatable bonds is 3. The van der Waals surface area contributed by atoms with Crippen molar-refractivity contribution in [2.24, 2.45) is 0 Å². The predicted molar refractivity (Wildman–Crippen MR) is 105 cm³/mol. The van der Waals surface area contributed by atoms with Crippen LogP contribution in [-0.4, -0.2) is 46.9 Å². The zero-order chi connectivity index (χ0) is 18.1. The monoisotopic (exact) mass is 347 g/mol. The van der Waals surface area contributed by atoms with Gasteiger partial charge in [-0.3, -0.25) is 9.69 Å². The molecule has 4 rings (SSSR count). The van der Waals surface area contributed by atoms with Gasteiger partial charge in [0.05, 0.1) is 0 Å². The van der Waals surface area contributed by atoms with E-state index in [1.54, 1.807) is 0 Å². The first-order chi connectivity index (χ1) is 12.6. The third kappa shape index (κ3) is 3.37. The van der Waals surface area contributed by atoms with Gasteiger partial charge < -0.3 is 9.88 Å². The molecule has 1 amide bonds. The van der Waals surface area contributed by atoms with Crippen molar-refractivity contribution in [1.29, 1.82) is 0 Å². The van der Waals surface area contributed by atoms with E-state index >= 15 is 0 Å². The van der Waals surface area contributed by atoms with Crippen LogP contribution in [0.5, 0.6) is 0 Å². The molecule has 1 aliphatic rings. The lowest BCUT2D eigenvalue weighted by Crippen LogP contribution is -2.48. The van der Waals surface area contributed by atoms with E-state index in [-0.39, 0.29) is 5.91 Å². The zero-order valence-corrected chi connectivity index (χ0v) is 15.5. The summed E-state index contributed by atoms with van der Waals surface area (Å²) in [5.74, 6) is 0.104. The van der Waals surface area contributed by atoms with Gasteiger partial charge in [0.15, 0.2) is 0 Å². The fraction of sp³-hybridized carbons (Fsp3) is 0.318. The lowest BCUT2D eigenvalue weighted by molar-refractivity contribution is 0.0623. The molecule has 134 valence electrons. The second kappa shape index (κ2) is 6.96. The summed E-state index contributed by atoms with van der Waals surface area (Å²) in [6.45, 7) is 8.66. The number of hydrogen-bond acceptors (Lipinski definition) is 2. The number of H-pyrrole nitrogens is 1. The molecule has 0 saturated carbocycles. The summed E-state index contributed by atoms with van der Waals surface area (Å²) < 4.78 is 0. The Hall–Kier alpha value is -2.59. The topological polar surface area (TPSA) is 39.3 Å². The lowest BCUT2D eigenvalue weighted by atomic mass is 10.0. The molecular weight excluding hydrogens is 322 g/mol. The Labute approximate surface area is 154 Å². The Balaban J connectivity index is 1.40. The lowest BCUT2D eigenvalue weighted by Gasteiger charge is -2.34.